The monoisotopic (exact) mass is 529 g/mol. The Kier molecular flexibility index (Phi) is 8.84. The van der Waals surface area contributed by atoms with Crippen molar-refractivity contribution in [2.45, 2.75) is 48.2 Å². The number of fused-ring (bicyclic) bond motifs is 2. The summed E-state index contributed by atoms with van der Waals surface area (Å²) in [6.45, 7) is 1.70. The highest BCUT2D eigenvalue weighted by Crippen LogP contribution is 2.62. The van der Waals surface area contributed by atoms with E-state index >= 15 is 0 Å². The molecule has 2 heterocycles. The van der Waals surface area contributed by atoms with Crippen molar-refractivity contribution in [3.8, 4) is 23.3 Å². The quantitative estimate of drug-likeness (QED) is 0.231. The zero-order valence-electron chi connectivity index (χ0n) is 21.2. The van der Waals surface area contributed by atoms with E-state index in [1.165, 1.54) is 12.0 Å². The average molecular weight is 530 g/mol. The largest absolute Gasteiger partial charge is 0.457 e. The summed E-state index contributed by atoms with van der Waals surface area (Å²) in [5.74, 6) is 10.3. The predicted octanol–water partition coefficient (Wildman–Crippen LogP) is 6.99. The predicted molar refractivity (Wildman–Crippen MR) is 157 cm³/mol. The van der Waals surface area contributed by atoms with Gasteiger partial charge in [-0.1, -0.05) is 72.7 Å². The SMILES string of the molecule is OC1(C2(CCC#CCNCCCCc3ccccc3)SCCCS2)c2ccccc2Oc2ccccc21. The lowest BCUT2D eigenvalue weighted by molar-refractivity contribution is 0.0540. The first kappa shape index (κ1) is 26.3. The van der Waals surface area contributed by atoms with Crippen LogP contribution in [0.2, 0.25) is 0 Å². The molecule has 0 unspecified atom stereocenters. The zero-order valence-corrected chi connectivity index (χ0v) is 22.9. The molecule has 37 heavy (non-hydrogen) atoms. The van der Waals surface area contributed by atoms with Crippen LogP contribution in [0.15, 0.2) is 78.9 Å². The summed E-state index contributed by atoms with van der Waals surface area (Å²) in [4.78, 5) is 0. The number of unbranched alkanes of at least 4 members (excludes halogenated alkanes) is 1. The van der Waals surface area contributed by atoms with Crippen LogP contribution in [0.3, 0.4) is 0 Å². The van der Waals surface area contributed by atoms with Gasteiger partial charge in [0.1, 0.15) is 17.1 Å². The summed E-state index contributed by atoms with van der Waals surface area (Å²) in [6, 6.07) is 26.6. The van der Waals surface area contributed by atoms with Gasteiger partial charge in [-0.15, -0.1) is 29.4 Å². The lowest BCUT2D eigenvalue weighted by Gasteiger charge is -2.50. The van der Waals surface area contributed by atoms with E-state index in [9.17, 15) is 5.11 Å². The molecule has 3 aromatic carbocycles. The zero-order chi connectivity index (χ0) is 25.4. The molecule has 1 saturated heterocycles. The van der Waals surface area contributed by atoms with Crippen molar-refractivity contribution in [3.05, 3.63) is 95.6 Å². The fourth-order valence-corrected chi connectivity index (χ4v) is 8.85. The molecule has 0 amide bonds. The molecule has 2 N–H and O–H groups in total. The van der Waals surface area contributed by atoms with Crippen LogP contribution < -0.4 is 10.1 Å². The van der Waals surface area contributed by atoms with E-state index < -0.39 is 9.68 Å². The smallest absolute Gasteiger partial charge is 0.145 e. The second kappa shape index (κ2) is 12.5. The highest BCUT2D eigenvalue weighted by molar-refractivity contribution is 8.18. The maximum absolute atomic E-state index is 12.7. The van der Waals surface area contributed by atoms with Gasteiger partial charge in [0.25, 0.3) is 0 Å². The first-order valence-electron chi connectivity index (χ1n) is 13.3. The molecule has 0 spiro atoms. The van der Waals surface area contributed by atoms with Gasteiger partial charge in [0, 0.05) is 17.5 Å². The summed E-state index contributed by atoms with van der Waals surface area (Å²) < 4.78 is 5.80. The third kappa shape index (κ3) is 5.73. The van der Waals surface area contributed by atoms with E-state index in [2.05, 4.69) is 47.5 Å². The number of benzene rings is 3. The molecular formula is C32H35NO2S2. The first-order valence-corrected chi connectivity index (χ1v) is 15.3. The molecule has 2 aliphatic rings. The van der Waals surface area contributed by atoms with E-state index in [1.54, 1.807) is 0 Å². The van der Waals surface area contributed by atoms with E-state index in [0.717, 1.165) is 72.8 Å². The first-order chi connectivity index (χ1) is 18.2. The number of aliphatic hydroxyl groups is 1. The summed E-state index contributed by atoms with van der Waals surface area (Å²) in [7, 11) is 0. The minimum atomic E-state index is -1.15. The second-order valence-electron chi connectivity index (χ2n) is 9.58. The van der Waals surface area contributed by atoms with Crippen LogP contribution in [0.4, 0.5) is 0 Å². The fourth-order valence-electron chi connectivity index (χ4n) is 5.24. The number of rotatable bonds is 9. The van der Waals surface area contributed by atoms with E-state index in [0.29, 0.717) is 6.54 Å². The number of aryl methyl sites for hydroxylation is 1. The van der Waals surface area contributed by atoms with Gasteiger partial charge >= 0.3 is 0 Å². The Bertz CT molecular complexity index is 1180. The van der Waals surface area contributed by atoms with Crippen molar-refractivity contribution in [2.75, 3.05) is 24.6 Å². The standard InChI is InChI=1S/C32H35NO2S2/c34-32(27-17-5-7-19-29(27)35-30-20-8-6-18-28(30)32)31(36-24-13-25-37-31)21-10-2-11-22-33-23-12-9-16-26-14-3-1-4-15-26/h1,3-8,14-15,17-20,33-34H,9-10,12-13,16,21-25H2. The second-order valence-corrected chi connectivity index (χ2v) is 12.6. The van der Waals surface area contributed by atoms with Crippen molar-refractivity contribution >= 4 is 23.5 Å². The number of nitrogens with one attached hydrogen (secondary N) is 1. The molecule has 1 fully saturated rings. The molecule has 192 valence electrons. The lowest BCUT2D eigenvalue weighted by Crippen LogP contribution is -2.51. The van der Waals surface area contributed by atoms with Crippen molar-refractivity contribution in [1.82, 2.24) is 5.32 Å². The summed E-state index contributed by atoms with van der Waals surface area (Å²) in [5, 5.41) is 16.1. The van der Waals surface area contributed by atoms with Crippen LogP contribution in [0, 0.1) is 11.8 Å². The van der Waals surface area contributed by atoms with Crippen LogP contribution in [0.5, 0.6) is 11.5 Å². The maximum Gasteiger partial charge on any atom is 0.145 e. The van der Waals surface area contributed by atoms with Crippen molar-refractivity contribution < 1.29 is 9.84 Å². The van der Waals surface area contributed by atoms with Crippen LogP contribution in [-0.2, 0) is 12.0 Å². The molecule has 0 aromatic heterocycles. The lowest BCUT2D eigenvalue weighted by atomic mass is 9.78. The van der Waals surface area contributed by atoms with Crippen LogP contribution in [0.1, 0.15) is 48.8 Å². The molecule has 5 rings (SSSR count). The Labute approximate surface area is 229 Å². The highest BCUT2D eigenvalue weighted by Gasteiger charge is 2.57. The molecule has 3 aromatic rings. The molecule has 0 bridgehead atoms. The molecule has 0 atom stereocenters. The topological polar surface area (TPSA) is 41.5 Å². The van der Waals surface area contributed by atoms with Gasteiger partial charge in [0.15, 0.2) is 0 Å². The maximum atomic E-state index is 12.7. The van der Waals surface area contributed by atoms with Crippen molar-refractivity contribution in [2.24, 2.45) is 0 Å². The number of para-hydroxylation sites is 2. The van der Waals surface area contributed by atoms with Crippen LogP contribution in [0.25, 0.3) is 0 Å². The Morgan fingerprint density at radius 3 is 2.16 bits per heavy atom. The van der Waals surface area contributed by atoms with Gasteiger partial charge in [-0.2, -0.15) is 0 Å². The summed E-state index contributed by atoms with van der Waals surface area (Å²) in [5.41, 5.74) is 1.99. The molecule has 5 heteroatoms. The molecule has 0 radical (unpaired) electrons. The Morgan fingerprint density at radius 2 is 1.46 bits per heavy atom. The van der Waals surface area contributed by atoms with E-state index in [1.807, 2.05) is 72.1 Å². The number of hydrogen-bond donors (Lipinski definition) is 2. The molecule has 2 aliphatic heterocycles. The molecule has 0 aliphatic carbocycles. The van der Waals surface area contributed by atoms with Gasteiger partial charge in [-0.3, -0.25) is 0 Å². The summed E-state index contributed by atoms with van der Waals surface area (Å²) in [6.07, 6.45) is 6.20. The molecule has 0 saturated carbocycles. The summed E-state index contributed by atoms with van der Waals surface area (Å²) >= 11 is 3.79. The fraction of sp³-hybridized carbons (Fsp3) is 0.375. The normalized spacial score (nSPS) is 17.0. The molecular weight excluding hydrogens is 494 g/mol. The Morgan fingerprint density at radius 1 is 0.811 bits per heavy atom. The van der Waals surface area contributed by atoms with Gasteiger partial charge in [-0.05, 0) is 67.9 Å². The average Bonchev–Trinajstić information content (AvgIpc) is 2.95. The third-order valence-electron chi connectivity index (χ3n) is 7.11. The van der Waals surface area contributed by atoms with Gasteiger partial charge in [-0.25, -0.2) is 0 Å². The van der Waals surface area contributed by atoms with Crippen molar-refractivity contribution in [1.29, 1.82) is 0 Å². The van der Waals surface area contributed by atoms with E-state index in [-0.39, 0.29) is 0 Å². The minimum Gasteiger partial charge on any atom is -0.457 e. The minimum absolute atomic E-state index is 0.416. The molecule has 3 nitrogen and oxygen atoms in total. The van der Waals surface area contributed by atoms with Gasteiger partial charge in [0.2, 0.25) is 0 Å². The van der Waals surface area contributed by atoms with Gasteiger partial charge < -0.3 is 15.2 Å². The van der Waals surface area contributed by atoms with Gasteiger partial charge in [0.05, 0.1) is 10.6 Å². The van der Waals surface area contributed by atoms with Crippen LogP contribution in [-0.4, -0.2) is 33.8 Å². The van der Waals surface area contributed by atoms with Crippen LogP contribution >= 0.6 is 23.5 Å². The highest BCUT2D eigenvalue weighted by atomic mass is 32.2. The number of ether oxygens (including phenoxy) is 1. The van der Waals surface area contributed by atoms with Crippen molar-refractivity contribution in [3.63, 3.8) is 0 Å². The Balaban J connectivity index is 1.22. The Hall–Kier alpha value is -2.36. The number of thioether (sulfide) groups is 2. The van der Waals surface area contributed by atoms with E-state index in [4.69, 9.17) is 4.74 Å². The third-order valence-corrected chi connectivity index (χ3v) is 10.7. The number of hydrogen-bond acceptors (Lipinski definition) is 5.